The molecular formula is C17H28N3O3S2+. The van der Waals surface area contributed by atoms with Crippen LogP contribution in [0.15, 0.2) is 21.7 Å². The van der Waals surface area contributed by atoms with Crippen molar-refractivity contribution in [1.82, 2.24) is 9.21 Å². The molecule has 2 aliphatic rings. The lowest BCUT2D eigenvalue weighted by Crippen LogP contribution is -3.15. The number of piperazine rings is 1. The minimum atomic E-state index is -3.37. The molecule has 2 fully saturated rings. The molecule has 1 aromatic heterocycles. The highest BCUT2D eigenvalue weighted by molar-refractivity contribution is 7.91. The van der Waals surface area contributed by atoms with Crippen LogP contribution in [0.2, 0.25) is 0 Å². The van der Waals surface area contributed by atoms with E-state index in [4.69, 9.17) is 0 Å². The van der Waals surface area contributed by atoms with E-state index in [-0.39, 0.29) is 5.91 Å². The highest BCUT2D eigenvalue weighted by atomic mass is 32.2. The van der Waals surface area contributed by atoms with Gasteiger partial charge in [-0.05, 0) is 44.6 Å². The van der Waals surface area contributed by atoms with Gasteiger partial charge in [0.2, 0.25) is 0 Å². The number of hydrogen-bond acceptors (Lipinski definition) is 4. The first-order chi connectivity index (χ1) is 11.9. The zero-order valence-electron chi connectivity index (χ0n) is 15.0. The second-order valence-electron chi connectivity index (χ2n) is 7.19. The topological polar surface area (TPSA) is 62.1 Å². The summed E-state index contributed by atoms with van der Waals surface area (Å²) in [7, 11) is -3.37. The average molecular weight is 387 g/mol. The molecular weight excluding hydrogens is 358 g/mol. The van der Waals surface area contributed by atoms with Crippen molar-refractivity contribution in [3.8, 4) is 0 Å². The van der Waals surface area contributed by atoms with E-state index in [1.54, 1.807) is 21.8 Å². The van der Waals surface area contributed by atoms with Gasteiger partial charge in [0, 0.05) is 12.1 Å². The number of carbonyl (C=O) groups is 1. The van der Waals surface area contributed by atoms with Crippen LogP contribution in [0.4, 0.5) is 0 Å². The van der Waals surface area contributed by atoms with E-state index in [0.717, 1.165) is 12.8 Å². The standard InChI is InChI=1S/C17H27N3O3S2/c1-14-5-3-6-15(2)20(14)16(21)13-18-8-10-19(11-9-18)25(22,23)17-7-4-12-24-17/h4,7,12,14-15H,3,5-6,8-11,13H2,1-2H3/p+1/t14-,15-/m0/s1. The van der Waals surface area contributed by atoms with Crippen molar-refractivity contribution in [3.63, 3.8) is 0 Å². The summed E-state index contributed by atoms with van der Waals surface area (Å²) in [6.07, 6.45) is 3.36. The van der Waals surface area contributed by atoms with Gasteiger partial charge in [0.1, 0.15) is 4.21 Å². The molecule has 140 valence electrons. The van der Waals surface area contributed by atoms with Crippen LogP contribution in [0.1, 0.15) is 33.1 Å². The van der Waals surface area contributed by atoms with Crippen molar-refractivity contribution in [1.29, 1.82) is 0 Å². The second-order valence-corrected chi connectivity index (χ2v) is 10.3. The maximum atomic E-state index is 12.7. The van der Waals surface area contributed by atoms with E-state index in [1.807, 2.05) is 4.90 Å². The summed E-state index contributed by atoms with van der Waals surface area (Å²) in [6, 6.07) is 4.05. The highest BCUT2D eigenvalue weighted by Gasteiger charge is 2.34. The van der Waals surface area contributed by atoms with Gasteiger partial charge in [-0.25, -0.2) is 8.42 Å². The Hall–Kier alpha value is -0.960. The molecule has 1 N–H and O–H groups in total. The molecule has 25 heavy (non-hydrogen) atoms. The summed E-state index contributed by atoms with van der Waals surface area (Å²) < 4.78 is 27.1. The molecule has 0 aliphatic carbocycles. The van der Waals surface area contributed by atoms with Crippen LogP contribution < -0.4 is 4.90 Å². The van der Waals surface area contributed by atoms with E-state index in [1.165, 1.54) is 22.7 Å². The summed E-state index contributed by atoms with van der Waals surface area (Å²) in [6.45, 7) is 7.08. The fourth-order valence-electron chi connectivity index (χ4n) is 3.98. The lowest BCUT2D eigenvalue weighted by Gasteiger charge is -2.40. The van der Waals surface area contributed by atoms with Gasteiger partial charge in [-0.2, -0.15) is 4.31 Å². The summed E-state index contributed by atoms with van der Waals surface area (Å²) in [5.74, 6) is 0.212. The van der Waals surface area contributed by atoms with Crippen LogP contribution in [0.3, 0.4) is 0 Å². The molecule has 2 saturated heterocycles. The average Bonchev–Trinajstić information content (AvgIpc) is 3.10. The summed E-state index contributed by atoms with van der Waals surface area (Å²) >= 11 is 1.26. The van der Waals surface area contributed by atoms with Gasteiger partial charge in [0.25, 0.3) is 15.9 Å². The SMILES string of the molecule is C[C@H]1CCC[C@H](C)N1C(=O)C[NH+]1CCN(S(=O)(=O)c2cccs2)CC1. The number of carbonyl (C=O) groups excluding carboxylic acids is 1. The monoisotopic (exact) mass is 386 g/mol. The number of nitrogens with one attached hydrogen (secondary N) is 1. The smallest absolute Gasteiger partial charge is 0.278 e. The van der Waals surface area contributed by atoms with Crippen LogP contribution in [-0.2, 0) is 14.8 Å². The number of sulfonamides is 1. The van der Waals surface area contributed by atoms with E-state index in [0.29, 0.717) is 49.0 Å². The molecule has 2 atom stereocenters. The van der Waals surface area contributed by atoms with Crippen molar-refractivity contribution in [2.45, 2.75) is 49.4 Å². The Balaban J connectivity index is 1.55. The third-order valence-electron chi connectivity index (χ3n) is 5.40. The third-order valence-corrected chi connectivity index (χ3v) is 8.67. The number of thiophene rings is 1. The molecule has 1 aromatic rings. The minimum absolute atomic E-state index is 0.212. The Morgan fingerprint density at radius 2 is 1.88 bits per heavy atom. The second kappa shape index (κ2) is 7.73. The van der Waals surface area contributed by atoms with Crippen molar-refractivity contribution in [2.24, 2.45) is 0 Å². The molecule has 0 spiro atoms. The van der Waals surface area contributed by atoms with Gasteiger partial charge in [0.05, 0.1) is 26.2 Å². The predicted molar refractivity (Wildman–Crippen MR) is 98.3 cm³/mol. The van der Waals surface area contributed by atoms with Crippen LogP contribution in [0.25, 0.3) is 0 Å². The number of hydrogen-bond donors (Lipinski definition) is 1. The molecule has 0 saturated carbocycles. The normalized spacial score (nSPS) is 26.7. The van der Waals surface area contributed by atoms with E-state index in [9.17, 15) is 13.2 Å². The number of nitrogens with zero attached hydrogens (tertiary/aromatic N) is 2. The van der Waals surface area contributed by atoms with Crippen molar-refractivity contribution in [3.05, 3.63) is 17.5 Å². The predicted octanol–water partition coefficient (Wildman–Crippen LogP) is 0.427. The number of likely N-dealkylation sites (tertiary alicyclic amines) is 1. The van der Waals surface area contributed by atoms with Gasteiger partial charge in [-0.15, -0.1) is 11.3 Å². The molecule has 1 amide bonds. The molecule has 0 radical (unpaired) electrons. The highest BCUT2D eigenvalue weighted by Crippen LogP contribution is 2.22. The molecule has 3 heterocycles. The van der Waals surface area contributed by atoms with Gasteiger partial charge < -0.3 is 9.80 Å². The Labute approximate surface area is 154 Å². The summed E-state index contributed by atoms with van der Waals surface area (Å²) in [5.41, 5.74) is 0. The maximum Gasteiger partial charge on any atom is 0.278 e. The number of piperidine rings is 1. The first-order valence-corrected chi connectivity index (χ1v) is 11.4. The molecule has 6 nitrogen and oxygen atoms in total. The largest absolute Gasteiger partial charge is 0.332 e. The van der Waals surface area contributed by atoms with Crippen molar-refractivity contribution < 1.29 is 18.1 Å². The van der Waals surface area contributed by atoms with Crippen LogP contribution in [0, 0.1) is 0 Å². The summed E-state index contributed by atoms with van der Waals surface area (Å²) in [5, 5.41) is 1.79. The fourth-order valence-corrected chi connectivity index (χ4v) is 6.56. The molecule has 0 aromatic carbocycles. The first kappa shape index (κ1) is 18.8. The maximum absolute atomic E-state index is 12.7. The lowest BCUT2D eigenvalue weighted by atomic mass is 9.97. The van der Waals surface area contributed by atoms with Crippen molar-refractivity contribution >= 4 is 27.3 Å². The minimum Gasteiger partial charge on any atom is -0.332 e. The fraction of sp³-hybridized carbons (Fsp3) is 0.706. The molecule has 3 rings (SSSR count). The van der Waals surface area contributed by atoms with Crippen molar-refractivity contribution in [2.75, 3.05) is 32.7 Å². The summed E-state index contributed by atoms with van der Waals surface area (Å²) in [4.78, 5) is 16.0. The lowest BCUT2D eigenvalue weighted by molar-refractivity contribution is -0.896. The molecule has 2 aliphatic heterocycles. The third kappa shape index (κ3) is 4.07. The van der Waals surface area contributed by atoms with Crippen LogP contribution >= 0.6 is 11.3 Å². The van der Waals surface area contributed by atoms with Gasteiger partial charge in [-0.1, -0.05) is 6.07 Å². The Bertz CT molecular complexity index is 672. The Morgan fingerprint density at radius 1 is 1.24 bits per heavy atom. The Morgan fingerprint density at radius 3 is 2.44 bits per heavy atom. The zero-order chi connectivity index (χ0) is 18.0. The van der Waals surface area contributed by atoms with Crippen LogP contribution in [-0.4, -0.2) is 68.3 Å². The van der Waals surface area contributed by atoms with Gasteiger partial charge >= 0.3 is 0 Å². The Kier molecular flexibility index (Phi) is 5.82. The number of rotatable bonds is 4. The van der Waals surface area contributed by atoms with E-state index < -0.39 is 10.0 Å². The first-order valence-electron chi connectivity index (χ1n) is 9.08. The van der Waals surface area contributed by atoms with Gasteiger partial charge in [0.15, 0.2) is 6.54 Å². The quantitative estimate of drug-likeness (QED) is 0.816. The molecule has 0 unspecified atom stereocenters. The van der Waals surface area contributed by atoms with E-state index >= 15 is 0 Å². The molecule has 8 heteroatoms. The van der Waals surface area contributed by atoms with Crippen LogP contribution in [0.5, 0.6) is 0 Å². The van der Waals surface area contributed by atoms with E-state index in [2.05, 4.69) is 13.8 Å². The number of amides is 1. The molecule has 0 bridgehead atoms. The zero-order valence-corrected chi connectivity index (χ0v) is 16.6. The number of quaternary nitrogens is 1. The van der Waals surface area contributed by atoms with Gasteiger partial charge in [-0.3, -0.25) is 4.79 Å².